The van der Waals surface area contributed by atoms with Gasteiger partial charge in [0, 0.05) is 26.0 Å². The first-order chi connectivity index (χ1) is 10.3. The molecule has 0 radical (unpaired) electrons. The number of pyridine rings is 1. The van der Waals surface area contributed by atoms with Gasteiger partial charge in [-0.1, -0.05) is 0 Å². The zero-order chi connectivity index (χ0) is 15.1. The monoisotopic (exact) mass is 306 g/mol. The summed E-state index contributed by atoms with van der Waals surface area (Å²) < 4.78 is 7.01. The molecule has 0 fully saturated rings. The fourth-order valence-corrected chi connectivity index (χ4v) is 2.43. The van der Waals surface area contributed by atoms with E-state index < -0.39 is 0 Å². The van der Waals surface area contributed by atoms with Gasteiger partial charge in [-0.05, 0) is 18.4 Å². The van der Waals surface area contributed by atoms with Crippen molar-refractivity contribution >= 4 is 17.7 Å². The maximum Gasteiger partial charge on any atom is 0.254 e. The van der Waals surface area contributed by atoms with Gasteiger partial charge in [0.1, 0.15) is 5.03 Å². The number of methoxy groups -OCH3 is 1. The molecule has 6 nitrogen and oxygen atoms in total. The Hall–Kier alpha value is -1.86. The summed E-state index contributed by atoms with van der Waals surface area (Å²) in [4.78, 5) is 20.5. The van der Waals surface area contributed by atoms with Crippen LogP contribution in [0.3, 0.4) is 0 Å². The van der Waals surface area contributed by atoms with Crippen LogP contribution in [0.15, 0.2) is 35.9 Å². The number of thioether (sulfide) groups is 1. The number of rotatable bonds is 7. The first-order valence-corrected chi connectivity index (χ1v) is 7.74. The second kappa shape index (κ2) is 7.80. The van der Waals surface area contributed by atoms with E-state index in [0.29, 0.717) is 25.3 Å². The van der Waals surface area contributed by atoms with Crippen LogP contribution in [0.1, 0.15) is 16.1 Å². The summed E-state index contributed by atoms with van der Waals surface area (Å²) in [6, 6.07) is 3.54. The van der Waals surface area contributed by atoms with Gasteiger partial charge in [-0.3, -0.25) is 4.79 Å². The minimum absolute atomic E-state index is 0.132. The number of carbonyl (C=O) groups excluding carboxylic acids is 1. The molecule has 0 spiro atoms. The Labute approximate surface area is 127 Å². The van der Waals surface area contributed by atoms with Crippen molar-refractivity contribution in [1.82, 2.24) is 19.9 Å². The van der Waals surface area contributed by atoms with Crippen LogP contribution < -0.4 is 5.32 Å². The smallest absolute Gasteiger partial charge is 0.254 e. The van der Waals surface area contributed by atoms with Crippen LogP contribution >= 0.6 is 11.8 Å². The summed E-state index contributed by atoms with van der Waals surface area (Å²) in [5, 5.41) is 3.62. The van der Waals surface area contributed by atoms with Crippen molar-refractivity contribution in [3.63, 3.8) is 0 Å². The molecule has 0 aromatic carbocycles. The first-order valence-electron chi connectivity index (χ1n) is 6.51. The summed E-state index contributed by atoms with van der Waals surface area (Å²) in [5.74, 6) is -0.132. The van der Waals surface area contributed by atoms with Crippen LogP contribution in [-0.4, -0.2) is 40.4 Å². The second-order valence-corrected chi connectivity index (χ2v) is 5.11. The highest BCUT2D eigenvalue weighted by molar-refractivity contribution is 7.98. The van der Waals surface area contributed by atoms with Gasteiger partial charge >= 0.3 is 0 Å². The first kappa shape index (κ1) is 15.5. The molecule has 0 bridgehead atoms. The average Bonchev–Trinajstić information content (AvgIpc) is 2.97. The molecular weight excluding hydrogens is 288 g/mol. The van der Waals surface area contributed by atoms with Crippen molar-refractivity contribution in [1.29, 1.82) is 0 Å². The normalized spacial score (nSPS) is 10.6. The molecular formula is C14H18N4O2S. The van der Waals surface area contributed by atoms with Crippen molar-refractivity contribution in [3.05, 3.63) is 42.1 Å². The number of ether oxygens (including phenoxy) is 1. The number of carbonyl (C=O) groups is 1. The molecule has 1 N–H and O–H groups in total. The molecule has 0 aliphatic carbocycles. The highest BCUT2D eigenvalue weighted by Gasteiger charge is 2.12. The molecule has 2 aromatic rings. The van der Waals surface area contributed by atoms with Crippen molar-refractivity contribution in [3.8, 4) is 0 Å². The number of imidazole rings is 1. The van der Waals surface area contributed by atoms with Crippen molar-refractivity contribution in [2.24, 2.45) is 0 Å². The predicted octanol–water partition coefficient (Wildman–Crippen LogP) is 1.58. The Morgan fingerprint density at radius 3 is 3.14 bits per heavy atom. The topological polar surface area (TPSA) is 69.0 Å². The molecule has 0 saturated heterocycles. The second-order valence-electron chi connectivity index (χ2n) is 4.31. The molecule has 0 atom stereocenters. The summed E-state index contributed by atoms with van der Waals surface area (Å²) in [7, 11) is 1.66. The van der Waals surface area contributed by atoms with E-state index in [0.717, 1.165) is 10.7 Å². The molecule has 21 heavy (non-hydrogen) atoms. The van der Waals surface area contributed by atoms with Crippen LogP contribution in [0.25, 0.3) is 0 Å². The van der Waals surface area contributed by atoms with Crippen molar-refractivity contribution < 1.29 is 9.53 Å². The lowest BCUT2D eigenvalue weighted by Crippen LogP contribution is -2.25. The molecule has 7 heteroatoms. The van der Waals surface area contributed by atoms with Crippen molar-refractivity contribution in [2.45, 2.75) is 18.1 Å². The third kappa shape index (κ3) is 4.05. The van der Waals surface area contributed by atoms with Crippen LogP contribution in [-0.2, 0) is 17.8 Å². The number of hydrogen-bond acceptors (Lipinski definition) is 5. The van der Waals surface area contributed by atoms with Crippen LogP contribution in [0.5, 0.6) is 0 Å². The van der Waals surface area contributed by atoms with Gasteiger partial charge in [0.2, 0.25) is 0 Å². The summed E-state index contributed by atoms with van der Waals surface area (Å²) in [6.45, 7) is 1.74. The Morgan fingerprint density at radius 2 is 2.38 bits per heavy atom. The zero-order valence-electron chi connectivity index (χ0n) is 12.1. The van der Waals surface area contributed by atoms with Crippen LogP contribution in [0, 0.1) is 0 Å². The largest absolute Gasteiger partial charge is 0.383 e. The van der Waals surface area contributed by atoms with E-state index in [-0.39, 0.29) is 5.91 Å². The highest BCUT2D eigenvalue weighted by Crippen LogP contribution is 2.16. The van der Waals surface area contributed by atoms with Crippen LogP contribution in [0.2, 0.25) is 0 Å². The number of amides is 1. The third-order valence-electron chi connectivity index (χ3n) is 2.97. The number of nitrogens with zero attached hydrogens (tertiary/aromatic N) is 3. The molecule has 2 heterocycles. The fraction of sp³-hybridized carbons (Fsp3) is 0.357. The quantitative estimate of drug-likeness (QED) is 0.787. The lowest BCUT2D eigenvalue weighted by atomic mass is 10.2. The maximum atomic E-state index is 12.2. The molecule has 112 valence electrons. The van der Waals surface area contributed by atoms with E-state index in [1.165, 1.54) is 11.8 Å². The van der Waals surface area contributed by atoms with E-state index in [9.17, 15) is 4.79 Å². The molecule has 0 unspecified atom stereocenters. The van der Waals surface area contributed by atoms with Gasteiger partial charge in [-0.25, -0.2) is 9.97 Å². The SMILES string of the molecule is COCCn1cncc1CNC(=O)c1cccnc1SC. The Kier molecular flexibility index (Phi) is 5.77. The number of hydrogen-bond donors (Lipinski definition) is 1. The van der Waals surface area contributed by atoms with Crippen LogP contribution in [0.4, 0.5) is 0 Å². The maximum absolute atomic E-state index is 12.2. The Bertz CT molecular complexity index is 600. The molecule has 2 aromatic heterocycles. The fourth-order valence-electron chi connectivity index (χ4n) is 1.88. The van der Waals surface area contributed by atoms with Gasteiger partial charge in [0.25, 0.3) is 5.91 Å². The van der Waals surface area contributed by atoms with E-state index in [4.69, 9.17) is 4.74 Å². The van der Waals surface area contributed by atoms with Gasteiger partial charge in [-0.2, -0.15) is 0 Å². The van der Waals surface area contributed by atoms with E-state index in [2.05, 4.69) is 15.3 Å². The average molecular weight is 306 g/mol. The van der Waals surface area contributed by atoms with Gasteiger partial charge in [0.05, 0.1) is 30.7 Å². The van der Waals surface area contributed by atoms with Gasteiger partial charge in [0.15, 0.2) is 0 Å². The number of aromatic nitrogens is 3. The Morgan fingerprint density at radius 1 is 1.52 bits per heavy atom. The molecule has 0 saturated carbocycles. The van der Waals surface area contributed by atoms with E-state index in [1.807, 2.05) is 10.8 Å². The lowest BCUT2D eigenvalue weighted by Gasteiger charge is -2.10. The minimum Gasteiger partial charge on any atom is -0.383 e. The Balaban J connectivity index is 1.99. The van der Waals surface area contributed by atoms with E-state index >= 15 is 0 Å². The van der Waals surface area contributed by atoms with Gasteiger partial charge in [-0.15, -0.1) is 11.8 Å². The molecule has 1 amide bonds. The highest BCUT2D eigenvalue weighted by atomic mass is 32.2. The summed E-state index contributed by atoms with van der Waals surface area (Å²) >= 11 is 1.46. The predicted molar refractivity (Wildman–Crippen MR) is 81.3 cm³/mol. The summed E-state index contributed by atoms with van der Waals surface area (Å²) in [5.41, 5.74) is 1.53. The lowest BCUT2D eigenvalue weighted by molar-refractivity contribution is 0.0946. The van der Waals surface area contributed by atoms with Gasteiger partial charge < -0.3 is 14.6 Å². The molecule has 0 aliphatic rings. The summed E-state index contributed by atoms with van der Waals surface area (Å²) in [6.07, 6.45) is 7.06. The number of nitrogens with one attached hydrogen (secondary N) is 1. The van der Waals surface area contributed by atoms with Crippen molar-refractivity contribution in [2.75, 3.05) is 20.0 Å². The minimum atomic E-state index is -0.132. The third-order valence-corrected chi connectivity index (χ3v) is 3.69. The standard InChI is InChI=1S/C14H18N4O2S/c1-20-7-6-18-10-15-8-11(18)9-17-13(19)12-4-3-5-16-14(12)21-2/h3-5,8,10H,6-7,9H2,1-2H3,(H,17,19). The molecule has 2 rings (SSSR count). The van der Waals surface area contributed by atoms with E-state index in [1.54, 1.807) is 38.0 Å². The zero-order valence-corrected chi connectivity index (χ0v) is 12.9. The molecule has 0 aliphatic heterocycles.